The average Bonchev–Trinajstić information content (AvgIpc) is 2.74. The van der Waals surface area contributed by atoms with Crippen LogP contribution in [0.15, 0.2) is 87.5 Å². The smallest absolute Gasteiger partial charge is 0.241 e. The van der Waals surface area contributed by atoms with Gasteiger partial charge in [-0.1, -0.05) is 62.9 Å². The maximum absolute atomic E-state index is 13.3. The molecule has 4 nitrogen and oxygen atoms in total. The molecule has 0 bridgehead atoms. The second-order valence-electron chi connectivity index (χ2n) is 8.87. The zero-order valence-electron chi connectivity index (χ0n) is 18.4. The van der Waals surface area contributed by atoms with E-state index in [-0.39, 0.29) is 17.2 Å². The molecule has 0 saturated carbocycles. The van der Waals surface area contributed by atoms with E-state index >= 15 is 0 Å². The summed E-state index contributed by atoms with van der Waals surface area (Å²) in [5.74, 6) is 0.319. The zero-order chi connectivity index (χ0) is 22.7. The molecule has 1 N–H and O–H groups in total. The van der Waals surface area contributed by atoms with Crippen LogP contribution < -0.4 is 10.2 Å². The number of hydrogen-bond donors (Lipinski definition) is 1. The standard InChI is InChI=1S/C26H26N2O2S2/c1-26(2,3)16-24(29)27-18-9-8-10-19(15-18)31-17-25(30)28-20-11-4-6-13-22(20)32-23-14-7-5-12-21(23)28/h4-15H,16-17H2,1-3H3,(H,27,29). The van der Waals surface area contributed by atoms with Crippen LogP contribution in [0.25, 0.3) is 0 Å². The van der Waals surface area contributed by atoms with Crippen LogP contribution >= 0.6 is 23.5 Å². The van der Waals surface area contributed by atoms with Gasteiger partial charge in [0.05, 0.1) is 17.1 Å². The Bertz CT molecular complexity index is 1110. The van der Waals surface area contributed by atoms with Crippen LogP contribution in [0, 0.1) is 5.41 Å². The van der Waals surface area contributed by atoms with Gasteiger partial charge in [-0.2, -0.15) is 0 Å². The molecule has 0 unspecified atom stereocenters. The molecule has 1 aliphatic rings. The predicted molar refractivity (Wildman–Crippen MR) is 134 cm³/mol. The summed E-state index contributed by atoms with van der Waals surface area (Å²) in [5.41, 5.74) is 2.53. The van der Waals surface area contributed by atoms with E-state index in [1.165, 1.54) is 11.8 Å². The summed E-state index contributed by atoms with van der Waals surface area (Å²) in [5, 5.41) is 2.97. The summed E-state index contributed by atoms with van der Waals surface area (Å²) in [6, 6.07) is 23.7. The van der Waals surface area contributed by atoms with E-state index in [4.69, 9.17) is 0 Å². The lowest BCUT2D eigenvalue weighted by Gasteiger charge is -2.31. The van der Waals surface area contributed by atoms with Crippen LogP contribution in [0.3, 0.4) is 0 Å². The number of rotatable bonds is 5. The van der Waals surface area contributed by atoms with Crippen LogP contribution in [0.5, 0.6) is 0 Å². The van der Waals surface area contributed by atoms with Crippen molar-refractivity contribution in [3.8, 4) is 0 Å². The highest BCUT2D eigenvalue weighted by Gasteiger charge is 2.27. The Kier molecular flexibility index (Phi) is 6.63. The Morgan fingerprint density at radius 2 is 1.53 bits per heavy atom. The van der Waals surface area contributed by atoms with Gasteiger partial charge in [-0.05, 0) is 47.9 Å². The molecule has 0 saturated heterocycles. The molecule has 0 spiro atoms. The minimum atomic E-state index is -0.0673. The molecule has 0 radical (unpaired) electrons. The van der Waals surface area contributed by atoms with Crippen molar-refractivity contribution in [3.63, 3.8) is 0 Å². The molecule has 3 aromatic carbocycles. The first-order valence-electron chi connectivity index (χ1n) is 10.5. The second kappa shape index (κ2) is 9.43. The first-order valence-corrected chi connectivity index (χ1v) is 12.3. The van der Waals surface area contributed by atoms with E-state index in [0.717, 1.165) is 31.7 Å². The Morgan fingerprint density at radius 1 is 0.906 bits per heavy atom. The molecule has 0 aliphatic carbocycles. The third-order valence-electron chi connectivity index (χ3n) is 4.85. The van der Waals surface area contributed by atoms with Crippen molar-refractivity contribution < 1.29 is 9.59 Å². The van der Waals surface area contributed by atoms with E-state index in [1.54, 1.807) is 11.8 Å². The van der Waals surface area contributed by atoms with Crippen molar-refractivity contribution in [2.45, 2.75) is 41.9 Å². The number of carbonyl (C=O) groups excluding carboxylic acids is 2. The van der Waals surface area contributed by atoms with Crippen molar-refractivity contribution in [1.29, 1.82) is 0 Å². The minimum Gasteiger partial charge on any atom is -0.326 e. The van der Waals surface area contributed by atoms with Crippen molar-refractivity contribution >= 4 is 52.4 Å². The first kappa shape index (κ1) is 22.5. The maximum atomic E-state index is 13.3. The van der Waals surface area contributed by atoms with Crippen molar-refractivity contribution in [1.82, 2.24) is 0 Å². The molecule has 32 heavy (non-hydrogen) atoms. The van der Waals surface area contributed by atoms with E-state index in [9.17, 15) is 9.59 Å². The SMILES string of the molecule is CC(C)(C)CC(=O)Nc1cccc(SCC(=O)N2c3ccccc3Sc3ccccc32)c1. The zero-order valence-corrected chi connectivity index (χ0v) is 20.1. The quantitative estimate of drug-likeness (QED) is 0.415. The topological polar surface area (TPSA) is 49.4 Å². The van der Waals surface area contributed by atoms with Gasteiger partial charge < -0.3 is 5.32 Å². The van der Waals surface area contributed by atoms with Crippen molar-refractivity contribution in [2.24, 2.45) is 5.41 Å². The summed E-state index contributed by atoms with van der Waals surface area (Å²) >= 11 is 3.17. The fourth-order valence-corrected chi connectivity index (χ4v) is 5.40. The molecule has 0 aromatic heterocycles. The highest BCUT2D eigenvalue weighted by Crippen LogP contribution is 2.48. The van der Waals surface area contributed by atoms with Gasteiger partial charge in [0.15, 0.2) is 0 Å². The summed E-state index contributed by atoms with van der Waals surface area (Å²) in [6.07, 6.45) is 0.453. The van der Waals surface area contributed by atoms with E-state index in [1.807, 2.05) is 98.5 Å². The third-order valence-corrected chi connectivity index (χ3v) is 6.96. The molecule has 2 amide bonds. The monoisotopic (exact) mass is 462 g/mol. The van der Waals surface area contributed by atoms with Crippen molar-refractivity contribution in [3.05, 3.63) is 72.8 Å². The van der Waals surface area contributed by atoms with Gasteiger partial charge in [0.1, 0.15) is 0 Å². The van der Waals surface area contributed by atoms with Crippen LogP contribution in [-0.2, 0) is 9.59 Å². The number of fused-ring (bicyclic) bond motifs is 2. The summed E-state index contributed by atoms with van der Waals surface area (Å²) in [7, 11) is 0. The van der Waals surface area contributed by atoms with E-state index in [2.05, 4.69) is 5.32 Å². The fourth-order valence-electron chi connectivity index (χ4n) is 3.53. The minimum absolute atomic E-state index is 0.00485. The number of anilines is 3. The van der Waals surface area contributed by atoms with Crippen LogP contribution in [0.1, 0.15) is 27.2 Å². The lowest BCUT2D eigenvalue weighted by atomic mass is 9.92. The third kappa shape index (κ3) is 5.37. The molecule has 3 aromatic rings. The number of hydrogen-bond acceptors (Lipinski definition) is 4. The number of carbonyl (C=O) groups is 2. The van der Waals surface area contributed by atoms with Gasteiger partial charge in [0.2, 0.25) is 11.8 Å². The highest BCUT2D eigenvalue weighted by molar-refractivity contribution is 8.00. The van der Waals surface area contributed by atoms with Crippen molar-refractivity contribution in [2.75, 3.05) is 16.0 Å². The largest absolute Gasteiger partial charge is 0.326 e. The summed E-state index contributed by atoms with van der Waals surface area (Å²) in [6.45, 7) is 6.12. The number of nitrogens with one attached hydrogen (secondary N) is 1. The van der Waals surface area contributed by atoms with Crippen LogP contribution in [0.4, 0.5) is 17.1 Å². The van der Waals surface area contributed by atoms with Gasteiger partial charge >= 0.3 is 0 Å². The molecule has 164 valence electrons. The van der Waals surface area contributed by atoms with Gasteiger partial charge in [-0.15, -0.1) is 11.8 Å². The van der Waals surface area contributed by atoms with Gasteiger partial charge in [0.25, 0.3) is 0 Å². The Balaban J connectivity index is 1.48. The molecular weight excluding hydrogens is 436 g/mol. The number of benzene rings is 3. The van der Waals surface area contributed by atoms with Gasteiger partial charge in [0, 0.05) is 26.8 Å². The Hall–Kier alpha value is -2.70. The highest BCUT2D eigenvalue weighted by atomic mass is 32.2. The molecule has 6 heteroatoms. The Morgan fingerprint density at radius 3 is 2.16 bits per heavy atom. The molecule has 0 fully saturated rings. The van der Waals surface area contributed by atoms with Gasteiger partial charge in [-0.3, -0.25) is 14.5 Å². The lowest BCUT2D eigenvalue weighted by Crippen LogP contribution is -2.29. The lowest BCUT2D eigenvalue weighted by molar-refractivity contribution is -0.118. The van der Waals surface area contributed by atoms with Crippen LogP contribution in [-0.4, -0.2) is 17.6 Å². The Labute approximate surface area is 197 Å². The number of thioether (sulfide) groups is 1. The molecule has 4 rings (SSSR count). The second-order valence-corrected chi connectivity index (χ2v) is 11.0. The first-order chi connectivity index (χ1) is 15.3. The maximum Gasteiger partial charge on any atom is 0.241 e. The van der Waals surface area contributed by atoms with E-state index in [0.29, 0.717) is 12.2 Å². The number of amides is 2. The summed E-state index contributed by atoms with van der Waals surface area (Å²) < 4.78 is 0. The molecule has 0 atom stereocenters. The molecular formula is C26H26N2O2S2. The number of nitrogens with zero attached hydrogens (tertiary/aromatic N) is 1. The van der Waals surface area contributed by atoms with E-state index < -0.39 is 0 Å². The van der Waals surface area contributed by atoms with Crippen LogP contribution in [0.2, 0.25) is 0 Å². The molecule has 1 heterocycles. The average molecular weight is 463 g/mol. The number of para-hydroxylation sites is 2. The summed E-state index contributed by atoms with van der Waals surface area (Å²) in [4.78, 5) is 30.5. The normalized spacial score (nSPS) is 12.7. The van der Waals surface area contributed by atoms with Gasteiger partial charge in [-0.25, -0.2) is 0 Å². The predicted octanol–water partition coefficient (Wildman–Crippen LogP) is 6.98. The molecule has 1 aliphatic heterocycles. The fraction of sp³-hybridized carbons (Fsp3) is 0.231.